The number of carbonyl (C=O) groups is 2. The number of hydrogen-bond donors (Lipinski definition) is 2. The van der Waals surface area contributed by atoms with Crippen molar-refractivity contribution in [1.82, 2.24) is 10.3 Å². The standard InChI is InChI=1S/C20H24N2O3/c1-12-10-13(2)18(14(3)11-12)15(4)22-17(23)8-7-16-6-5-9-21-19(16)20(24)25/h5-6,9-11,15H,7-8H2,1-4H3,(H,22,23)(H,24,25)/t15-/m1/s1. The highest BCUT2D eigenvalue weighted by Gasteiger charge is 2.16. The molecule has 0 fully saturated rings. The van der Waals surface area contributed by atoms with Gasteiger partial charge in [-0.05, 0) is 62.4 Å². The number of nitrogens with zero attached hydrogens (tertiary/aromatic N) is 1. The van der Waals surface area contributed by atoms with E-state index in [-0.39, 0.29) is 24.1 Å². The molecule has 25 heavy (non-hydrogen) atoms. The van der Waals surface area contributed by atoms with E-state index in [1.807, 2.05) is 20.8 Å². The molecule has 0 radical (unpaired) electrons. The molecule has 0 aliphatic heterocycles. The van der Waals surface area contributed by atoms with Gasteiger partial charge in [0, 0.05) is 12.6 Å². The summed E-state index contributed by atoms with van der Waals surface area (Å²) in [5, 5.41) is 12.2. The lowest BCUT2D eigenvalue weighted by atomic mass is 9.94. The lowest BCUT2D eigenvalue weighted by Crippen LogP contribution is -2.28. The number of rotatable bonds is 6. The van der Waals surface area contributed by atoms with Gasteiger partial charge in [0.1, 0.15) is 0 Å². The van der Waals surface area contributed by atoms with Gasteiger partial charge in [-0.15, -0.1) is 0 Å². The third kappa shape index (κ3) is 4.66. The van der Waals surface area contributed by atoms with Crippen LogP contribution in [0.4, 0.5) is 0 Å². The molecular formula is C20H24N2O3. The number of amides is 1. The van der Waals surface area contributed by atoms with Crippen molar-refractivity contribution < 1.29 is 14.7 Å². The Balaban J connectivity index is 2.03. The number of aromatic nitrogens is 1. The average Bonchev–Trinajstić information content (AvgIpc) is 2.52. The van der Waals surface area contributed by atoms with E-state index >= 15 is 0 Å². The third-order valence-corrected chi connectivity index (χ3v) is 4.26. The molecule has 1 amide bonds. The Labute approximate surface area is 148 Å². The number of carbonyl (C=O) groups excluding carboxylic acids is 1. The molecule has 1 aromatic heterocycles. The van der Waals surface area contributed by atoms with Crippen molar-refractivity contribution in [3.05, 3.63) is 64.0 Å². The summed E-state index contributed by atoms with van der Waals surface area (Å²) in [7, 11) is 0. The Hall–Kier alpha value is -2.69. The number of nitrogens with one attached hydrogen (secondary N) is 1. The number of carboxylic acids is 1. The smallest absolute Gasteiger partial charge is 0.354 e. The van der Waals surface area contributed by atoms with E-state index in [1.165, 1.54) is 11.8 Å². The maximum atomic E-state index is 12.3. The molecule has 2 rings (SSSR count). The Morgan fingerprint density at radius 2 is 1.84 bits per heavy atom. The van der Waals surface area contributed by atoms with Crippen molar-refractivity contribution in [2.24, 2.45) is 0 Å². The zero-order valence-corrected chi connectivity index (χ0v) is 15.1. The van der Waals surface area contributed by atoms with Crippen molar-refractivity contribution in [2.45, 2.75) is 46.6 Å². The van der Waals surface area contributed by atoms with Gasteiger partial charge in [-0.2, -0.15) is 0 Å². The van der Waals surface area contributed by atoms with Crippen LogP contribution in [0.15, 0.2) is 30.5 Å². The van der Waals surface area contributed by atoms with E-state index in [2.05, 4.69) is 29.4 Å². The maximum absolute atomic E-state index is 12.3. The Bertz CT molecular complexity index is 776. The molecule has 0 saturated carbocycles. The van der Waals surface area contributed by atoms with Crippen molar-refractivity contribution in [3.63, 3.8) is 0 Å². The number of pyridine rings is 1. The van der Waals surface area contributed by atoms with Crippen molar-refractivity contribution in [3.8, 4) is 0 Å². The minimum absolute atomic E-state index is 0.00794. The van der Waals surface area contributed by atoms with Gasteiger partial charge in [0.2, 0.25) is 5.91 Å². The summed E-state index contributed by atoms with van der Waals surface area (Å²) in [6, 6.07) is 7.50. The first-order valence-electron chi connectivity index (χ1n) is 8.34. The number of benzene rings is 1. The van der Waals surface area contributed by atoms with Gasteiger partial charge < -0.3 is 10.4 Å². The zero-order valence-electron chi connectivity index (χ0n) is 15.1. The number of aromatic carboxylic acids is 1. The minimum Gasteiger partial charge on any atom is -0.477 e. The molecule has 0 aliphatic rings. The summed E-state index contributed by atoms with van der Waals surface area (Å²) < 4.78 is 0. The van der Waals surface area contributed by atoms with Crippen LogP contribution in [-0.2, 0) is 11.2 Å². The van der Waals surface area contributed by atoms with E-state index in [9.17, 15) is 9.59 Å². The van der Waals surface area contributed by atoms with Gasteiger partial charge in [-0.1, -0.05) is 23.8 Å². The summed E-state index contributed by atoms with van der Waals surface area (Å²) in [5.74, 6) is -1.18. The van der Waals surface area contributed by atoms with Crippen molar-refractivity contribution in [1.29, 1.82) is 0 Å². The number of aryl methyl sites for hydroxylation is 4. The Kier molecular flexibility index (Phi) is 5.91. The third-order valence-electron chi connectivity index (χ3n) is 4.26. The fraction of sp³-hybridized carbons (Fsp3) is 0.350. The molecule has 2 aromatic rings. The molecule has 0 bridgehead atoms. The summed E-state index contributed by atoms with van der Waals surface area (Å²) >= 11 is 0. The topological polar surface area (TPSA) is 79.3 Å². The van der Waals surface area contributed by atoms with Crippen molar-refractivity contribution >= 4 is 11.9 Å². The lowest BCUT2D eigenvalue weighted by molar-refractivity contribution is -0.121. The van der Waals surface area contributed by atoms with Crippen molar-refractivity contribution in [2.75, 3.05) is 0 Å². The van der Waals surface area contributed by atoms with Crippen LogP contribution in [0.25, 0.3) is 0 Å². The molecule has 0 unspecified atom stereocenters. The van der Waals surface area contributed by atoms with Crippen LogP contribution < -0.4 is 5.32 Å². The molecule has 0 saturated heterocycles. The highest BCUT2D eigenvalue weighted by atomic mass is 16.4. The Morgan fingerprint density at radius 1 is 1.20 bits per heavy atom. The predicted octanol–water partition coefficient (Wildman–Crippen LogP) is 3.52. The normalized spacial score (nSPS) is 11.8. The molecule has 132 valence electrons. The minimum atomic E-state index is -1.07. The SMILES string of the molecule is Cc1cc(C)c([C@@H](C)NC(=O)CCc2cccnc2C(=O)O)c(C)c1. The second-order valence-electron chi connectivity index (χ2n) is 6.42. The first-order chi connectivity index (χ1) is 11.8. The van der Waals surface area contributed by atoms with E-state index in [0.717, 1.165) is 16.7 Å². The largest absolute Gasteiger partial charge is 0.477 e. The van der Waals surface area contributed by atoms with Crippen LogP contribution in [-0.4, -0.2) is 22.0 Å². The van der Waals surface area contributed by atoms with Gasteiger partial charge in [0.25, 0.3) is 0 Å². The molecule has 1 heterocycles. The van der Waals surface area contributed by atoms with Crippen LogP contribution in [0.3, 0.4) is 0 Å². The molecule has 5 nitrogen and oxygen atoms in total. The quantitative estimate of drug-likeness (QED) is 0.843. The zero-order chi connectivity index (χ0) is 18.6. The van der Waals surface area contributed by atoms with E-state index < -0.39 is 5.97 Å². The fourth-order valence-electron chi connectivity index (χ4n) is 3.34. The number of carboxylic acid groups (broad SMARTS) is 1. The average molecular weight is 340 g/mol. The van der Waals surface area contributed by atoms with Gasteiger partial charge in [0.15, 0.2) is 5.69 Å². The Morgan fingerprint density at radius 3 is 2.44 bits per heavy atom. The highest BCUT2D eigenvalue weighted by molar-refractivity contribution is 5.87. The van der Waals surface area contributed by atoms with Gasteiger partial charge in [-0.3, -0.25) is 4.79 Å². The van der Waals surface area contributed by atoms with Gasteiger partial charge in [-0.25, -0.2) is 9.78 Å². The summed E-state index contributed by atoms with van der Waals surface area (Å²) in [6.45, 7) is 8.12. The molecule has 1 atom stereocenters. The molecule has 0 spiro atoms. The van der Waals surface area contributed by atoms with Crippen LogP contribution in [0.1, 0.15) is 57.7 Å². The monoisotopic (exact) mass is 340 g/mol. The van der Waals surface area contributed by atoms with E-state index in [4.69, 9.17) is 5.11 Å². The predicted molar refractivity (Wildman–Crippen MR) is 96.7 cm³/mol. The van der Waals surface area contributed by atoms with Crippen LogP contribution in [0, 0.1) is 20.8 Å². The first-order valence-corrected chi connectivity index (χ1v) is 8.34. The second-order valence-corrected chi connectivity index (χ2v) is 6.42. The van der Waals surface area contributed by atoms with Crippen LogP contribution in [0.5, 0.6) is 0 Å². The highest BCUT2D eigenvalue weighted by Crippen LogP contribution is 2.23. The maximum Gasteiger partial charge on any atom is 0.354 e. The molecular weight excluding hydrogens is 316 g/mol. The molecule has 2 N–H and O–H groups in total. The van der Waals surface area contributed by atoms with E-state index in [0.29, 0.717) is 12.0 Å². The first kappa shape index (κ1) is 18.6. The van der Waals surface area contributed by atoms with Crippen LogP contribution >= 0.6 is 0 Å². The molecule has 1 aromatic carbocycles. The van der Waals surface area contributed by atoms with Crippen LogP contribution in [0.2, 0.25) is 0 Å². The molecule has 5 heteroatoms. The van der Waals surface area contributed by atoms with E-state index in [1.54, 1.807) is 12.1 Å². The van der Waals surface area contributed by atoms with Gasteiger partial charge >= 0.3 is 5.97 Å². The van der Waals surface area contributed by atoms with Gasteiger partial charge in [0.05, 0.1) is 6.04 Å². The summed E-state index contributed by atoms with van der Waals surface area (Å²) in [5.41, 5.74) is 5.23. The summed E-state index contributed by atoms with van der Waals surface area (Å²) in [6.07, 6.45) is 2.01. The second kappa shape index (κ2) is 7.92. The fourth-order valence-corrected chi connectivity index (χ4v) is 3.34. The lowest BCUT2D eigenvalue weighted by Gasteiger charge is -2.20. The molecule has 0 aliphatic carbocycles. The number of hydrogen-bond acceptors (Lipinski definition) is 3. The summed E-state index contributed by atoms with van der Waals surface area (Å²) in [4.78, 5) is 27.3.